The Bertz CT molecular complexity index is 980. The van der Waals surface area contributed by atoms with Crippen molar-refractivity contribution in [1.82, 2.24) is 25.5 Å². The first-order valence-corrected chi connectivity index (χ1v) is 9.15. The number of carbonyl (C=O) groups excluding carboxylic acids is 2. The molecule has 3 aromatic rings. The molecule has 8 nitrogen and oxygen atoms in total. The summed E-state index contributed by atoms with van der Waals surface area (Å²) in [5.41, 5.74) is 2.96. The lowest BCUT2D eigenvalue weighted by molar-refractivity contribution is -0.117. The van der Waals surface area contributed by atoms with Crippen molar-refractivity contribution in [2.45, 2.75) is 25.8 Å². The SMILES string of the molecule is CC(NC(=O)c1cccc(-n2cnnn2)c1)c1ccc(NC(=O)C2CC2)cc1. The molecule has 1 aromatic heterocycles. The Morgan fingerprint density at radius 3 is 2.61 bits per heavy atom. The summed E-state index contributed by atoms with van der Waals surface area (Å²) in [6.07, 6.45) is 3.42. The molecule has 0 spiro atoms. The van der Waals surface area contributed by atoms with Crippen molar-refractivity contribution in [3.8, 4) is 5.69 Å². The van der Waals surface area contributed by atoms with Crippen LogP contribution < -0.4 is 10.6 Å². The molecule has 0 saturated heterocycles. The van der Waals surface area contributed by atoms with Gasteiger partial charge in [-0.25, -0.2) is 4.68 Å². The van der Waals surface area contributed by atoms with Crippen LogP contribution in [0, 0.1) is 5.92 Å². The summed E-state index contributed by atoms with van der Waals surface area (Å²) in [4.78, 5) is 24.4. The minimum absolute atomic E-state index is 0.0802. The summed E-state index contributed by atoms with van der Waals surface area (Å²) >= 11 is 0. The molecule has 4 rings (SSSR count). The first kappa shape index (κ1) is 17.8. The molecule has 142 valence electrons. The van der Waals surface area contributed by atoms with Crippen LogP contribution in [0.25, 0.3) is 5.69 Å². The zero-order valence-corrected chi connectivity index (χ0v) is 15.4. The van der Waals surface area contributed by atoms with Gasteiger partial charge >= 0.3 is 0 Å². The van der Waals surface area contributed by atoms with Gasteiger partial charge in [0.15, 0.2) is 0 Å². The Morgan fingerprint density at radius 2 is 1.93 bits per heavy atom. The minimum atomic E-state index is -0.187. The van der Waals surface area contributed by atoms with Gasteiger partial charge in [-0.1, -0.05) is 18.2 Å². The van der Waals surface area contributed by atoms with E-state index in [1.165, 1.54) is 11.0 Å². The number of aromatic nitrogens is 4. The second kappa shape index (κ2) is 7.59. The standard InChI is InChI=1S/C20H20N6O2/c1-13(14-7-9-17(10-8-14)23-19(27)15-5-6-15)22-20(28)16-3-2-4-18(11-16)26-12-21-24-25-26/h2-4,7-13,15H,5-6H2,1H3,(H,22,28)(H,23,27). The molecule has 1 fully saturated rings. The van der Waals surface area contributed by atoms with Gasteiger partial charge in [-0.3, -0.25) is 9.59 Å². The van der Waals surface area contributed by atoms with Crippen molar-refractivity contribution in [2.24, 2.45) is 5.92 Å². The van der Waals surface area contributed by atoms with E-state index in [4.69, 9.17) is 0 Å². The van der Waals surface area contributed by atoms with Crippen molar-refractivity contribution >= 4 is 17.5 Å². The molecule has 0 radical (unpaired) electrons. The van der Waals surface area contributed by atoms with Crippen LogP contribution in [-0.2, 0) is 4.79 Å². The maximum absolute atomic E-state index is 12.6. The van der Waals surface area contributed by atoms with E-state index < -0.39 is 0 Å². The number of benzene rings is 2. The number of anilines is 1. The highest BCUT2D eigenvalue weighted by molar-refractivity contribution is 5.95. The quantitative estimate of drug-likeness (QED) is 0.688. The molecule has 1 aliphatic carbocycles. The molecular formula is C20H20N6O2. The summed E-state index contributed by atoms with van der Waals surface area (Å²) in [7, 11) is 0. The zero-order chi connectivity index (χ0) is 19.5. The predicted molar refractivity (Wildman–Crippen MR) is 103 cm³/mol. The summed E-state index contributed by atoms with van der Waals surface area (Å²) in [6, 6.07) is 14.4. The second-order valence-corrected chi connectivity index (χ2v) is 6.89. The fourth-order valence-electron chi connectivity index (χ4n) is 2.88. The van der Waals surface area contributed by atoms with Gasteiger partial charge in [-0.2, -0.15) is 0 Å². The number of tetrazole rings is 1. The second-order valence-electron chi connectivity index (χ2n) is 6.89. The van der Waals surface area contributed by atoms with Crippen molar-refractivity contribution in [1.29, 1.82) is 0 Å². The summed E-state index contributed by atoms with van der Waals surface area (Å²) in [5.74, 6) is 0.0621. The van der Waals surface area contributed by atoms with Crippen LogP contribution in [0.1, 0.15) is 41.7 Å². The van der Waals surface area contributed by atoms with Crippen molar-refractivity contribution in [3.63, 3.8) is 0 Å². The normalized spacial score (nSPS) is 14.3. The highest BCUT2D eigenvalue weighted by Gasteiger charge is 2.29. The molecule has 1 saturated carbocycles. The van der Waals surface area contributed by atoms with Gasteiger partial charge < -0.3 is 10.6 Å². The summed E-state index contributed by atoms with van der Waals surface area (Å²) in [6.45, 7) is 1.92. The smallest absolute Gasteiger partial charge is 0.251 e. The van der Waals surface area contributed by atoms with Crippen molar-refractivity contribution in [2.75, 3.05) is 5.32 Å². The Morgan fingerprint density at radius 1 is 1.14 bits per heavy atom. The molecule has 2 N–H and O–H groups in total. The third-order valence-electron chi connectivity index (χ3n) is 4.70. The Kier molecular flexibility index (Phi) is 4.84. The number of nitrogens with one attached hydrogen (secondary N) is 2. The predicted octanol–water partition coefficient (Wildman–Crippen LogP) is 2.50. The lowest BCUT2D eigenvalue weighted by Gasteiger charge is -2.15. The molecule has 8 heteroatoms. The maximum Gasteiger partial charge on any atom is 0.251 e. The lowest BCUT2D eigenvalue weighted by Crippen LogP contribution is -2.26. The van der Waals surface area contributed by atoms with Crippen LogP contribution >= 0.6 is 0 Å². The van der Waals surface area contributed by atoms with E-state index in [1.807, 2.05) is 37.3 Å². The maximum atomic E-state index is 12.6. The van der Waals surface area contributed by atoms with Crippen LogP contribution in [0.3, 0.4) is 0 Å². The topological polar surface area (TPSA) is 102 Å². The van der Waals surface area contributed by atoms with E-state index in [0.717, 1.165) is 24.1 Å². The first-order chi connectivity index (χ1) is 13.6. The Labute approximate surface area is 162 Å². The molecule has 2 amide bonds. The van der Waals surface area contributed by atoms with Gasteiger partial charge in [0.1, 0.15) is 6.33 Å². The first-order valence-electron chi connectivity index (χ1n) is 9.15. The van der Waals surface area contributed by atoms with E-state index in [9.17, 15) is 9.59 Å². The zero-order valence-electron chi connectivity index (χ0n) is 15.4. The molecule has 1 aliphatic rings. The van der Waals surface area contributed by atoms with Gasteiger partial charge in [0.2, 0.25) is 5.91 Å². The average molecular weight is 376 g/mol. The van der Waals surface area contributed by atoms with E-state index in [1.54, 1.807) is 18.2 Å². The number of nitrogens with zero attached hydrogens (tertiary/aromatic N) is 4. The van der Waals surface area contributed by atoms with Gasteiger partial charge in [-0.15, -0.1) is 5.10 Å². The highest BCUT2D eigenvalue weighted by atomic mass is 16.2. The van der Waals surface area contributed by atoms with Gasteiger partial charge in [-0.05, 0) is 66.1 Å². The average Bonchev–Trinajstić information content (AvgIpc) is 3.43. The minimum Gasteiger partial charge on any atom is -0.346 e. The number of rotatable bonds is 6. The molecule has 1 atom stereocenters. The molecule has 0 aliphatic heterocycles. The van der Waals surface area contributed by atoms with Crippen LogP contribution in [0.4, 0.5) is 5.69 Å². The Balaban J connectivity index is 1.40. The van der Waals surface area contributed by atoms with E-state index in [-0.39, 0.29) is 23.8 Å². The molecular weight excluding hydrogens is 356 g/mol. The molecule has 1 unspecified atom stereocenters. The van der Waals surface area contributed by atoms with Crippen molar-refractivity contribution < 1.29 is 9.59 Å². The van der Waals surface area contributed by atoms with Gasteiger partial charge in [0, 0.05) is 17.2 Å². The van der Waals surface area contributed by atoms with E-state index in [0.29, 0.717) is 11.3 Å². The van der Waals surface area contributed by atoms with E-state index in [2.05, 4.69) is 26.2 Å². The number of amides is 2. The Hall–Kier alpha value is -3.55. The van der Waals surface area contributed by atoms with Crippen molar-refractivity contribution in [3.05, 3.63) is 66.0 Å². The van der Waals surface area contributed by atoms with E-state index >= 15 is 0 Å². The third-order valence-corrected chi connectivity index (χ3v) is 4.70. The number of hydrogen-bond donors (Lipinski definition) is 2. The molecule has 2 aromatic carbocycles. The number of hydrogen-bond acceptors (Lipinski definition) is 5. The van der Waals surface area contributed by atoms with Gasteiger partial charge in [0.25, 0.3) is 5.91 Å². The molecule has 28 heavy (non-hydrogen) atoms. The molecule has 1 heterocycles. The van der Waals surface area contributed by atoms with Crippen LogP contribution in [0.5, 0.6) is 0 Å². The fraction of sp³-hybridized carbons (Fsp3) is 0.250. The largest absolute Gasteiger partial charge is 0.346 e. The fourth-order valence-corrected chi connectivity index (χ4v) is 2.88. The third kappa shape index (κ3) is 4.06. The lowest BCUT2D eigenvalue weighted by atomic mass is 10.1. The monoisotopic (exact) mass is 376 g/mol. The number of carbonyl (C=O) groups is 2. The van der Waals surface area contributed by atoms with Crippen LogP contribution in [-0.4, -0.2) is 32.0 Å². The molecule has 0 bridgehead atoms. The summed E-state index contributed by atoms with van der Waals surface area (Å²) < 4.78 is 1.49. The van der Waals surface area contributed by atoms with Crippen LogP contribution in [0.15, 0.2) is 54.9 Å². The van der Waals surface area contributed by atoms with Gasteiger partial charge in [0.05, 0.1) is 11.7 Å². The highest BCUT2D eigenvalue weighted by Crippen LogP contribution is 2.30. The van der Waals surface area contributed by atoms with Crippen LogP contribution in [0.2, 0.25) is 0 Å². The summed E-state index contributed by atoms with van der Waals surface area (Å²) in [5, 5.41) is 16.9.